The summed E-state index contributed by atoms with van der Waals surface area (Å²) in [7, 11) is 0. The molecular weight excluding hydrogens is 260 g/mol. The lowest BCUT2D eigenvalue weighted by atomic mass is 10.1. The molecule has 0 atom stereocenters. The molecule has 0 aliphatic carbocycles. The van der Waals surface area contributed by atoms with Crippen molar-refractivity contribution in [3.8, 4) is 11.6 Å². The van der Waals surface area contributed by atoms with Crippen molar-refractivity contribution >= 4 is 5.69 Å². The smallest absolute Gasteiger partial charge is 0.279 e. The van der Waals surface area contributed by atoms with Gasteiger partial charge in [0.15, 0.2) is 0 Å². The van der Waals surface area contributed by atoms with E-state index in [0.717, 1.165) is 5.56 Å². The van der Waals surface area contributed by atoms with Crippen molar-refractivity contribution in [2.75, 3.05) is 6.61 Å². The van der Waals surface area contributed by atoms with Crippen LogP contribution < -0.4 is 4.74 Å². The second-order valence-corrected chi connectivity index (χ2v) is 4.25. The van der Waals surface area contributed by atoms with Gasteiger partial charge in [-0.25, -0.2) is 4.98 Å². The maximum absolute atomic E-state index is 10.9. The lowest BCUT2D eigenvalue weighted by Crippen LogP contribution is -1.98. The van der Waals surface area contributed by atoms with Crippen LogP contribution in [0.3, 0.4) is 0 Å². The van der Waals surface area contributed by atoms with Crippen LogP contribution in [-0.2, 0) is 6.42 Å². The fourth-order valence-electron chi connectivity index (χ4n) is 1.79. The monoisotopic (exact) mass is 274 g/mol. The van der Waals surface area contributed by atoms with Crippen molar-refractivity contribution in [1.82, 2.24) is 4.98 Å². The van der Waals surface area contributed by atoms with Gasteiger partial charge in [-0.3, -0.25) is 10.1 Å². The molecule has 1 aromatic carbocycles. The Hall–Kier alpha value is -2.47. The van der Waals surface area contributed by atoms with Crippen LogP contribution in [-0.4, -0.2) is 21.6 Å². The molecule has 1 aromatic heterocycles. The highest BCUT2D eigenvalue weighted by molar-refractivity contribution is 5.43. The Kier molecular flexibility index (Phi) is 4.27. The standard InChI is InChI=1S/C14H14N2O4/c1-10-9-15-14(8-12(10)16(18)19)20-13-5-3-2-4-11(13)6-7-17/h2-5,8-9,17H,6-7H2,1H3. The first-order chi connectivity index (χ1) is 9.61. The van der Waals surface area contributed by atoms with E-state index in [1.54, 1.807) is 19.1 Å². The lowest BCUT2D eigenvalue weighted by molar-refractivity contribution is -0.385. The van der Waals surface area contributed by atoms with E-state index in [0.29, 0.717) is 17.7 Å². The minimum absolute atomic E-state index is 0.00183. The number of para-hydroxylation sites is 1. The first-order valence-corrected chi connectivity index (χ1v) is 6.09. The summed E-state index contributed by atoms with van der Waals surface area (Å²) < 4.78 is 5.58. The van der Waals surface area contributed by atoms with Crippen LogP contribution in [0.15, 0.2) is 36.5 Å². The Balaban J connectivity index is 2.31. The number of rotatable bonds is 5. The van der Waals surface area contributed by atoms with Crippen LogP contribution in [0.5, 0.6) is 11.6 Å². The number of aromatic nitrogens is 1. The maximum atomic E-state index is 10.9. The number of pyridine rings is 1. The summed E-state index contributed by atoms with van der Waals surface area (Å²) in [5.41, 5.74) is 1.26. The molecule has 0 fully saturated rings. The van der Waals surface area contributed by atoms with E-state index in [1.165, 1.54) is 12.3 Å². The predicted octanol–water partition coefficient (Wildman–Crippen LogP) is 2.63. The Morgan fingerprint density at radius 3 is 2.85 bits per heavy atom. The Morgan fingerprint density at radius 2 is 2.15 bits per heavy atom. The number of aliphatic hydroxyl groups excluding tert-OH is 1. The molecule has 0 unspecified atom stereocenters. The Labute approximate surface area is 115 Å². The van der Waals surface area contributed by atoms with Crippen LogP contribution in [0.2, 0.25) is 0 Å². The highest BCUT2D eigenvalue weighted by atomic mass is 16.6. The number of ether oxygens (including phenoxy) is 1. The zero-order valence-electron chi connectivity index (χ0n) is 10.9. The van der Waals surface area contributed by atoms with E-state index in [-0.39, 0.29) is 18.2 Å². The van der Waals surface area contributed by atoms with Crippen molar-refractivity contribution in [2.24, 2.45) is 0 Å². The second-order valence-electron chi connectivity index (χ2n) is 4.25. The first kappa shape index (κ1) is 14.0. The van der Waals surface area contributed by atoms with Gasteiger partial charge in [0.05, 0.1) is 11.0 Å². The predicted molar refractivity (Wildman–Crippen MR) is 72.9 cm³/mol. The number of nitrogens with zero attached hydrogens (tertiary/aromatic N) is 2. The molecule has 6 nitrogen and oxygen atoms in total. The van der Waals surface area contributed by atoms with Gasteiger partial charge in [0.25, 0.3) is 5.69 Å². The molecule has 2 rings (SSSR count). The highest BCUT2D eigenvalue weighted by Gasteiger charge is 2.14. The fourth-order valence-corrected chi connectivity index (χ4v) is 1.79. The summed E-state index contributed by atoms with van der Waals surface area (Å²) in [5, 5.41) is 19.9. The molecule has 0 radical (unpaired) electrons. The first-order valence-electron chi connectivity index (χ1n) is 6.09. The molecular formula is C14H14N2O4. The Morgan fingerprint density at radius 1 is 1.40 bits per heavy atom. The summed E-state index contributed by atoms with van der Waals surface area (Å²) in [6.07, 6.45) is 1.85. The zero-order valence-corrected chi connectivity index (χ0v) is 10.9. The lowest BCUT2D eigenvalue weighted by Gasteiger charge is -2.09. The molecule has 0 saturated carbocycles. The molecule has 104 valence electrons. The number of benzene rings is 1. The molecule has 0 aliphatic rings. The normalized spacial score (nSPS) is 10.3. The van der Waals surface area contributed by atoms with Gasteiger partial charge in [0.1, 0.15) is 5.75 Å². The molecule has 1 heterocycles. The molecule has 2 aromatic rings. The summed E-state index contributed by atoms with van der Waals surface area (Å²) in [4.78, 5) is 14.4. The highest BCUT2D eigenvalue weighted by Crippen LogP contribution is 2.27. The third kappa shape index (κ3) is 3.10. The van der Waals surface area contributed by atoms with Gasteiger partial charge in [0, 0.05) is 18.4 Å². The van der Waals surface area contributed by atoms with Gasteiger partial charge < -0.3 is 9.84 Å². The molecule has 20 heavy (non-hydrogen) atoms. The minimum atomic E-state index is -0.469. The van der Waals surface area contributed by atoms with Crippen molar-refractivity contribution in [2.45, 2.75) is 13.3 Å². The van der Waals surface area contributed by atoms with Crippen LogP contribution in [0, 0.1) is 17.0 Å². The Bertz CT molecular complexity index is 628. The van der Waals surface area contributed by atoms with Crippen molar-refractivity contribution in [3.63, 3.8) is 0 Å². The quantitative estimate of drug-likeness (QED) is 0.669. The second kappa shape index (κ2) is 6.12. The summed E-state index contributed by atoms with van der Waals surface area (Å²) >= 11 is 0. The molecule has 1 N–H and O–H groups in total. The summed E-state index contributed by atoms with van der Waals surface area (Å²) in [6, 6.07) is 8.49. The third-order valence-corrected chi connectivity index (χ3v) is 2.81. The minimum Gasteiger partial charge on any atom is -0.438 e. The largest absolute Gasteiger partial charge is 0.438 e. The fraction of sp³-hybridized carbons (Fsp3) is 0.214. The van der Waals surface area contributed by atoms with Gasteiger partial charge in [-0.2, -0.15) is 0 Å². The number of aryl methyl sites for hydroxylation is 1. The van der Waals surface area contributed by atoms with E-state index in [1.807, 2.05) is 12.1 Å². The van der Waals surface area contributed by atoms with Crippen molar-refractivity contribution < 1.29 is 14.8 Å². The van der Waals surface area contributed by atoms with Gasteiger partial charge >= 0.3 is 0 Å². The number of nitro groups is 1. The molecule has 0 bridgehead atoms. The van der Waals surface area contributed by atoms with Crippen molar-refractivity contribution in [1.29, 1.82) is 0 Å². The zero-order chi connectivity index (χ0) is 14.5. The topological polar surface area (TPSA) is 85.5 Å². The average molecular weight is 274 g/mol. The van der Waals surface area contributed by atoms with Crippen LogP contribution >= 0.6 is 0 Å². The molecule has 0 spiro atoms. The maximum Gasteiger partial charge on any atom is 0.279 e. The molecule has 6 heteroatoms. The number of aliphatic hydroxyl groups is 1. The number of hydrogen-bond donors (Lipinski definition) is 1. The number of hydrogen-bond acceptors (Lipinski definition) is 5. The van der Waals surface area contributed by atoms with Gasteiger partial charge in [-0.15, -0.1) is 0 Å². The summed E-state index contributed by atoms with van der Waals surface area (Å²) in [6.45, 7) is 1.62. The van der Waals surface area contributed by atoms with Crippen LogP contribution in [0.4, 0.5) is 5.69 Å². The van der Waals surface area contributed by atoms with Gasteiger partial charge in [0.2, 0.25) is 5.88 Å². The van der Waals surface area contributed by atoms with E-state index in [2.05, 4.69) is 4.98 Å². The van der Waals surface area contributed by atoms with E-state index < -0.39 is 4.92 Å². The van der Waals surface area contributed by atoms with E-state index >= 15 is 0 Å². The molecule has 0 aliphatic heterocycles. The third-order valence-electron chi connectivity index (χ3n) is 2.81. The molecule has 0 saturated heterocycles. The van der Waals surface area contributed by atoms with Gasteiger partial charge in [-0.05, 0) is 25.0 Å². The average Bonchev–Trinajstić information content (AvgIpc) is 2.43. The van der Waals surface area contributed by atoms with Gasteiger partial charge in [-0.1, -0.05) is 18.2 Å². The SMILES string of the molecule is Cc1cnc(Oc2ccccc2CCO)cc1[N+](=O)[O-]. The molecule has 0 amide bonds. The van der Waals surface area contributed by atoms with Crippen LogP contribution in [0.1, 0.15) is 11.1 Å². The van der Waals surface area contributed by atoms with Crippen LogP contribution in [0.25, 0.3) is 0 Å². The van der Waals surface area contributed by atoms with Crippen molar-refractivity contribution in [3.05, 3.63) is 57.8 Å². The summed E-state index contributed by atoms with van der Waals surface area (Å²) in [5.74, 6) is 0.694. The van der Waals surface area contributed by atoms with E-state index in [9.17, 15) is 10.1 Å². The van der Waals surface area contributed by atoms with E-state index in [4.69, 9.17) is 9.84 Å².